The molecular formula is C16H33N3. The van der Waals surface area contributed by atoms with E-state index in [9.17, 15) is 0 Å². The normalized spacial score (nSPS) is 24.2. The molecule has 2 fully saturated rings. The van der Waals surface area contributed by atoms with Crippen LogP contribution in [0.15, 0.2) is 0 Å². The zero-order valence-corrected chi connectivity index (χ0v) is 13.1. The summed E-state index contributed by atoms with van der Waals surface area (Å²) >= 11 is 0. The van der Waals surface area contributed by atoms with Crippen molar-refractivity contribution < 1.29 is 0 Å². The van der Waals surface area contributed by atoms with Crippen LogP contribution in [-0.4, -0.2) is 73.1 Å². The summed E-state index contributed by atoms with van der Waals surface area (Å²) < 4.78 is 0. The van der Waals surface area contributed by atoms with Crippen LogP contribution in [0.5, 0.6) is 0 Å². The minimum absolute atomic E-state index is 0.723. The molecule has 3 heteroatoms. The third-order valence-corrected chi connectivity index (χ3v) is 4.78. The Morgan fingerprint density at radius 2 is 1.21 bits per heavy atom. The second kappa shape index (κ2) is 8.23. The summed E-state index contributed by atoms with van der Waals surface area (Å²) in [5.41, 5.74) is 0. The molecule has 2 aliphatic heterocycles. The Kier molecular flexibility index (Phi) is 6.62. The molecular weight excluding hydrogens is 234 g/mol. The van der Waals surface area contributed by atoms with Gasteiger partial charge in [-0.3, -0.25) is 4.90 Å². The fraction of sp³-hybridized carbons (Fsp3) is 1.00. The van der Waals surface area contributed by atoms with Gasteiger partial charge in [0.25, 0.3) is 0 Å². The van der Waals surface area contributed by atoms with E-state index in [1.54, 1.807) is 0 Å². The van der Waals surface area contributed by atoms with Gasteiger partial charge in [0.15, 0.2) is 0 Å². The number of likely N-dealkylation sites (tertiary alicyclic amines) is 1. The van der Waals surface area contributed by atoms with Crippen LogP contribution in [0.4, 0.5) is 0 Å². The van der Waals surface area contributed by atoms with E-state index < -0.39 is 0 Å². The average molecular weight is 267 g/mol. The first-order valence-electron chi connectivity index (χ1n) is 8.44. The molecule has 0 saturated carbocycles. The predicted molar refractivity (Wildman–Crippen MR) is 82.7 cm³/mol. The Bertz CT molecular complexity index is 228. The quantitative estimate of drug-likeness (QED) is 0.684. The van der Waals surface area contributed by atoms with Gasteiger partial charge in [-0.1, -0.05) is 6.42 Å². The van der Waals surface area contributed by atoms with Gasteiger partial charge >= 0.3 is 0 Å². The lowest BCUT2D eigenvalue weighted by Gasteiger charge is -2.37. The second-order valence-electron chi connectivity index (χ2n) is 6.58. The largest absolute Gasteiger partial charge is 0.303 e. The Morgan fingerprint density at radius 3 is 1.74 bits per heavy atom. The molecule has 2 saturated heterocycles. The molecule has 0 N–H and O–H groups in total. The molecule has 0 bridgehead atoms. The highest BCUT2D eigenvalue weighted by Gasteiger charge is 2.18. The van der Waals surface area contributed by atoms with Gasteiger partial charge in [0, 0.05) is 32.2 Å². The number of hydrogen-bond acceptors (Lipinski definition) is 3. The maximum Gasteiger partial charge on any atom is 0.0113 e. The Labute approximate surface area is 119 Å². The maximum absolute atomic E-state index is 2.67. The first kappa shape index (κ1) is 15.3. The monoisotopic (exact) mass is 267 g/mol. The molecule has 2 heterocycles. The summed E-state index contributed by atoms with van der Waals surface area (Å²) in [6.07, 6.45) is 7.09. The van der Waals surface area contributed by atoms with Crippen LogP contribution in [0.1, 0.15) is 46.0 Å². The molecule has 0 aromatic carbocycles. The number of unbranched alkanes of at least 4 members (excludes halogenated alkanes) is 1. The number of hydrogen-bond donors (Lipinski definition) is 0. The summed E-state index contributed by atoms with van der Waals surface area (Å²) in [5, 5.41) is 0. The van der Waals surface area contributed by atoms with Gasteiger partial charge in [-0.25, -0.2) is 0 Å². The van der Waals surface area contributed by atoms with Crippen molar-refractivity contribution >= 4 is 0 Å². The van der Waals surface area contributed by atoms with Gasteiger partial charge in [0.2, 0.25) is 0 Å². The van der Waals surface area contributed by atoms with E-state index in [-0.39, 0.29) is 0 Å². The van der Waals surface area contributed by atoms with E-state index in [1.165, 1.54) is 84.5 Å². The summed E-state index contributed by atoms with van der Waals surface area (Å²) in [6.45, 7) is 15.1. The van der Waals surface area contributed by atoms with E-state index in [1.807, 2.05) is 0 Å². The molecule has 0 radical (unpaired) electrons. The van der Waals surface area contributed by atoms with Crippen LogP contribution < -0.4 is 0 Å². The van der Waals surface area contributed by atoms with Crippen molar-refractivity contribution in [2.45, 2.75) is 52.0 Å². The van der Waals surface area contributed by atoms with Crippen molar-refractivity contribution in [1.82, 2.24) is 14.7 Å². The summed E-state index contributed by atoms with van der Waals surface area (Å²) in [6, 6.07) is 0.723. The highest BCUT2D eigenvalue weighted by Crippen LogP contribution is 2.10. The van der Waals surface area contributed by atoms with Crippen LogP contribution in [0.3, 0.4) is 0 Å². The van der Waals surface area contributed by atoms with Crippen molar-refractivity contribution in [3.05, 3.63) is 0 Å². The third-order valence-electron chi connectivity index (χ3n) is 4.78. The van der Waals surface area contributed by atoms with Gasteiger partial charge in [0.05, 0.1) is 0 Å². The van der Waals surface area contributed by atoms with E-state index >= 15 is 0 Å². The molecule has 112 valence electrons. The van der Waals surface area contributed by atoms with E-state index in [2.05, 4.69) is 28.5 Å². The summed E-state index contributed by atoms with van der Waals surface area (Å²) in [5.74, 6) is 0. The van der Waals surface area contributed by atoms with Crippen molar-refractivity contribution in [1.29, 1.82) is 0 Å². The smallest absolute Gasteiger partial charge is 0.0113 e. The van der Waals surface area contributed by atoms with Crippen molar-refractivity contribution in [2.24, 2.45) is 0 Å². The lowest BCUT2D eigenvalue weighted by atomic mass is 10.1. The lowest BCUT2D eigenvalue weighted by Crippen LogP contribution is -2.49. The number of nitrogens with zero attached hydrogens (tertiary/aromatic N) is 3. The van der Waals surface area contributed by atoms with Gasteiger partial charge in [-0.05, 0) is 65.7 Å². The fourth-order valence-electron chi connectivity index (χ4n) is 3.36. The van der Waals surface area contributed by atoms with Crippen LogP contribution in [0, 0.1) is 0 Å². The van der Waals surface area contributed by atoms with E-state index in [0.29, 0.717) is 0 Å². The Morgan fingerprint density at radius 1 is 0.684 bits per heavy atom. The molecule has 0 aliphatic carbocycles. The standard InChI is InChI=1S/C16H33N3/c1-16(2)19-14-12-18(13-15-19)11-7-6-10-17-8-4-3-5-9-17/h16H,3-15H2,1-2H3. The number of rotatable bonds is 6. The topological polar surface area (TPSA) is 9.72 Å². The molecule has 19 heavy (non-hydrogen) atoms. The second-order valence-corrected chi connectivity index (χ2v) is 6.58. The predicted octanol–water partition coefficient (Wildman–Crippen LogP) is 2.28. The number of piperidine rings is 1. The van der Waals surface area contributed by atoms with E-state index in [4.69, 9.17) is 0 Å². The van der Waals surface area contributed by atoms with Gasteiger partial charge in [0.1, 0.15) is 0 Å². The van der Waals surface area contributed by atoms with Gasteiger partial charge in [-0.2, -0.15) is 0 Å². The SMILES string of the molecule is CC(C)N1CCN(CCCCN2CCCCC2)CC1. The Balaban J connectivity index is 1.49. The molecule has 0 aromatic rings. The summed E-state index contributed by atoms with van der Waals surface area (Å²) in [7, 11) is 0. The van der Waals surface area contributed by atoms with Crippen LogP contribution >= 0.6 is 0 Å². The molecule has 0 atom stereocenters. The molecule has 2 aliphatic rings. The zero-order valence-electron chi connectivity index (χ0n) is 13.1. The summed E-state index contributed by atoms with van der Waals surface area (Å²) in [4.78, 5) is 7.93. The van der Waals surface area contributed by atoms with Crippen molar-refractivity contribution in [3.8, 4) is 0 Å². The minimum Gasteiger partial charge on any atom is -0.303 e. The van der Waals surface area contributed by atoms with Crippen molar-refractivity contribution in [3.63, 3.8) is 0 Å². The maximum atomic E-state index is 2.67. The molecule has 3 nitrogen and oxygen atoms in total. The van der Waals surface area contributed by atoms with E-state index in [0.717, 1.165) is 6.04 Å². The average Bonchev–Trinajstić information content (AvgIpc) is 2.45. The highest BCUT2D eigenvalue weighted by atomic mass is 15.3. The third kappa shape index (κ3) is 5.41. The molecule has 0 unspecified atom stereocenters. The van der Waals surface area contributed by atoms with Gasteiger partial charge in [-0.15, -0.1) is 0 Å². The lowest BCUT2D eigenvalue weighted by molar-refractivity contribution is 0.106. The first-order chi connectivity index (χ1) is 9.25. The Hall–Kier alpha value is -0.120. The zero-order chi connectivity index (χ0) is 13.5. The van der Waals surface area contributed by atoms with Gasteiger partial charge < -0.3 is 9.80 Å². The molecule has 0 spiro atoms. The molecule has 2 rings (SSSR count). The van der Waals surface area contributed by atoms with Crippen LogP contribution in [0.25, 0.3) is 0 Å². The van der Waals surface area contributed by atoms with Crippen LogP contribution in [-0.2, 0) is 0 Å². The minimum atomic E-state index is 0.723. The van der Waals surface area contributed by atoms with Crippen molar-refractivity contribution in [2.75, 3.05) is 52.4 Å². The molecule has 0 amide bonds. The fourth-order valence-corrected chi connectivity index (χ4v) is 3.36. The number of piperazine rings is 1. The molecule has 0 aromatic heterocycles. The van der Waals surface area contributed by atoms with Crippen LogP contribution in [0.2, 0.25) is 0 Å². The first-order valence-corrected chi connectivity index (χ1v) is 8.44. The highest BCUT2D eigenvalue weighted by molar-refractivity contribution is 4.74.